The van der Waals surface area contributed by atoms with E-state index in [4.69, 9.17) is 4.74 Å². The molecule has 2 heterocycles. The highest BCUT2D eigenvalue weighted by Gasteiger charge is 2.26. The van der Waals surface area contributed by atoms with Gasteiger partial charge >= 0.3 is 0 Å². The third-order valence-corrected chi connectivity index (χ3v) is 4.78. The van der Waals surface area contributed by atoms with E-state index in [1.54, 1.807) is 0 Å². The Kier molecular flexibility index (Phi) is 5.93. The van der Waals surface area contributed by atoms with Gasteiger partial charge in [-0.15, -0.1) is 0 Å². The lowest BCUT2D eigenvalue weighted by atomic mass is 9.89. The fraction of sp³-hybridized carbons (Fsp3) is 1.00. The standard InChI is InChI=1S/C15H30N2O/c1-3-14-5-6-15(17(4-2)13-14)7-8-16-9-11-18-12-10-16/h14-15H,3-13H2,1-2H3/t14-,15+/m0/s1. The number of nitrogens with zero attached hydrogens (tertiary/aromatic N) is 2. The molecule has 106 valence electrons. The monoisotopic (exact) mass is 254 g/mol. The summed E-state index contributed by atoms with van der Waals surface area (Å²) in [6, 6.07) is 0.834. The van der Waals surface area contributed by atoms with Crippen LogP contribution < -0.4 is 0 Å². The number of ether oxygens (including phenoxy) is 1. The Morgan fingerprint density at radius 2 is 1.89 bits per heavy atom. The van der Waals surface area contributed by atoms with E-state index in [2.05, 4.69) is 23.6 Å². The molecule has 0 aromatic heterocycles. The lowest BCUT2D eigenvalue weighted by Crippen LogP contribution is -2.45. The second-order valence-electron chi connectivity index (χ2n) is 5.84. The van der Waals surface area contributed by atoms with Crippen LogP contribution in [0.4, 0.5) is 0 Å². The molecule has 2 rings (SSSR count). The van der Waals surface area contributed by atoms with E-state index in [1.807, 2.05) is 0 Å². The molecule has 0 amide bonds. The van der Waals surface area contributed by atoms with Crippen LogP contribution in [-0.4, -0.2) is 61.8 Å². The molecule has 0 saturated carbocycles. The van der Waals surface area contributed by atoms with Crippen LogP contribution in [0.5, 0.6) is 0 Å². The molecule has 0 unspecified atom stereocenters. The van der Waals surface area contributed by atoms with Crippen LogP contribution in [0, 0.1) is 5.92 Å². The third kappa shape index (κ3) is 3.94. The van der Waals surface area contributed by atoms with Crippen LogP contribution in [0.3, 0.4) is 0 Å². The van der Waals surface area contributed by atoms with Crippen molar-refractivity contribution in [3.05, 3.63) is 0 Å². The van der Waals surface area contributed by atoms with Gasteiger partial charge < -0.3 is 9.64 Å². The van der Waals surface area contributed by atoms with Crippen LogP contribution in [-0.2, 0) is 4.74 Å². The van der Waals surface area contributed by atoms with Gasteiger partial charge in [0.2, 0.25) is 0 Å². The molecule has 2 aliphatic rings. The van der Waals surface area contributed by atoms with Crippen molar-refractivity contribution in [2.45, 2.75) is 45.6 Å². The molecular formula is C15H30N2O. The van der Waals surface area contributed by atoms with Crippen molar-refractivity contribution in [2.75, 3.05) is 45.9 Å². The van der Waals surface area contributed by atoms with Crippen LogP contribution in [0.1, 0.15) is 39.5 Å². The van der Waals surface area contributed by atoms with Crippen LogP contribution in [0.15, 0.2) is 0 Å². The van der Waals surface area contributed by atoms with Crippen molar-refractivity contribution < 1.29 is 4.74 Å². The average molecular weight is 254 g/mol. The van der Waals surface area contributed by atoms with Gasteiger partial charge in [-0.3, -0.25) is 4.90 Å². The maximum atomic E-state index is 5.41. The predicted octanol–water partition coefficient (Wildman–Crippen LogP) is 2.22. The summed E-state index contributed by atoms with van der Waals surface area (Å²) in [6.45, 7) is 12.6. The number of morpholine rings is 1. The van der Waals surface area contributed by atoms with Gasteiger partial charge in [-0.1, -0.05) is 20.3 Å². The van der Waals surface area contributed by atoms with Crippen molar-refractivity contribution in [1.29, 1.82) is 0 Å². The molecule has 0 aromatic rings. The number of likely N-dealkylation sites (tertiary alicyclic amines) is 1. The second-order valence-corrected chi connectivity index (χ2v) is 5.84. The summed E-state index contributed by atoms with van der Waals surface area (Å²) in [5.74, 6) is 0.949. The smallest absolute Gasteiger partial charge is 0.0594 e. The molecule has 3 heteroatoms. The molecule has 0 aliphatic carbocycles. The zero-order valence-corrected chi connectivity index (χ0v) is 12.2. The lowest BCUT2D eigenvalue weighted by molar-refractivity contribution is 0.0286. The van der Waals surface area contributed by atoms with E-state index in [0.717, 1.165) is 38.3 Å². The maximum absolute atomic E-state index is 5.41. The molecule has 2 aliphatic heterocycles. The summed E-state index contributed by atoms with van der Waals surface area (Å²) in [7, 11) is 0. The van der Waals surface area contributed by atoms with E-state index >= 15 is 0 Å². The minimum atomic E-state index is 0.834. The van der Waals surface area contributed by atoms with Crippen molar-refractivity contribution in [3.8, 4) is 0 Å². The summed E-state index contributed by atoms with van der Waals surface area (Å²) in [4.78, 5) is 5.29. The maximum Gasteiger partial charge on any atom is 0.0594 e. The van der Waals surface area contributed by atoms with E-state index in [0.29, 0.717) is 0 Å². The van der Waals surface area contributed by atoms with E-state index < -0.39 is 0 Å². The normalized spacial score (nSPS) is 31.7. The topological polar surface area (TPSA) is 15.7 Å². The highest BCUT2D eigenvalue weighted by molar-refractivity contribution is 4.81. The predicted molar refractivity (Wildman–Crippen MR) is 75.9 cm³/mol. The molecular weight excluding hydrogens is 224 g/mol. The SMILES string of the molecule is CC[C@H]1CC[C@H](CCN2CCOCC2)N(CC)C1. The molecule has 2 atom stereocenters. The Morgan fingerprint density at radius 3 is 2.56 bits per heavy atom. The number of hydrogen-bond donors (Lipinski definition) is 0. The van der Waals surface area contributed by atoms with Gasteiger partial charge in [-0.25, -0.2) is 0 Å². The van der Waals surface area contributed by atoms with Crippen molar-refractivity contribution in [2.24, 2.45) is 5.92 Å². The first-order valence-electron chi connectivity index (χ1n) is 7.87. The Hall–Kier alpha value is -0.120. The minimum Gasteiger partial charge on any atom is -0.379 e. The summed E-state index contributed by atoms with van der Waals surface area (Å²) < 4.78 is 5.41. The summed E-state index contributed by atoms with van der Waals surface area (Å²) >= 11 is 0. The van der Waals surface area contributed by atoms with Gasteiger partial charge in [0.1, 0.15) is 0 Å². The fourth-order valence-corrected chi connectivity index (χ4v) is 3.39. The first-order chi connectivity index (χ1) is 8.83. The van der Waals surface area contributed by atoms with Crippen LogP contribution in [0.25, 0.3) is 0 Å². The highest BCUT2D eigenvalue weighted by Crippen LogP contribution is 2.25. The number of piperidine rings is 1. The van der Waals surface area contributed by atoms with Crippen LogP contribution in [0.2, 0.25) is 0 Å². The number of hydrogen-bond acceptors (Lipinski definition) is 3. The van der Waals surface area contributed by atoms with E-state index in [9.17, 15) is 0 Å². The Labute approximate surface area is 112 Å². The van der Waals surface area contributed by atoms with Gasteiger partial charge in [0.25, 0.3) is 0 Å². The Bertz CT molecular complexity index is 229. The van der Waals surface area contributed by atoms with Crippen molar-refractivity contribution in [1.82, 2.24) is 9.80 Å². The fourth-order valence-electron chi connectivity index (χ4n) is 3.39. The first-order valence-corrected chi connectivity index (χ1v) is 7.87. The molecule has 0 bridgehead atoms. The summed E-state index contributed by atoms with van der Waals surface area (Å²) in [5, 5.41) is 0. The van der Waals surface area contributed by atoms with Gasteiger partial charge in [-0.05, 0) is 38.3 Å². The van der Waals surface area contributed by atoms with E-state index in [1.165, 1.54) is 45.3 Å². The zero-order valence-electron chi connectivity index (χ0n) is 12.2. The molecule has 0 spiro atoms. The molecule has 3 nitrogen and oxygen atoms in total. The van der Waals surface area contributed by atoms with Crippen LogP contribution >= 0.6 is 0 Å². The quantitative estimate of drug-likeness (QED) is 0.748. The lowest BCUT2D eigenvalue weighted by Gasteiger charge is -2.40. The molecule has 0 N–H and O–H groups in total. The molecule has 0 radical (unpaired) electrons. The molecule has 18 heavy (non-hydrogen) atoms. The summed E-state index contributed by atoms with van der Waals surface area (Å²) in [5.41, 5.74) is 0. The largest absolute Gasteiger partial charge is 0.379 e. The first kappa shape index (κ1) is 14.3. The van der Waals surface area contributed by atoms with Crippen molar-refractivity contribution >= 4 is 0 Å². The Balaban J connectivity index is 1.73. The molecule has 2 saturated heterocycles. The minimum absolute atomic E-state index is 0.834. The molecule has 0 aromatic carbocycles. The van der Waals surface area contributed by atoms with E-state index in [-0.39, 0.29) is 0 Å². The average Bonchev–Trinajstić information content (AvgIpc) is 2.46. The number of rotatable bonds is 5. The third-order valence-electron chi connectivity index (χ3n) is 4.78. The van der Waals surface area contributed by atoms with Gasteiger partial charge in [0.15, 0.2) is 0 Å². The van der Waals surface area contributed by atoms with Gasteiger partial charge in [0, 0.05) is 25.7 Å². The Morgan fingerprint density at radius 1 is 1.11 bits per heavy atom. The molecule has 2 fully saturated rings. The van der Waals surface area contributed by atoms with Gasteiger partial charge in [0.05, 0.1) is 13.2 Å². The zero-order chi connectivity index (χ0) is 12.8. The van der Waals surface area contributed by atoms with Gasteiger partial charge in [-0.2, -0.15) is 0 Å². The second kappa shape index (κ2) is 7.46. The highest BCUT2D eigenvalue weighted by atomic mass is 16.5. The van der Waals surface area contributed by atoms with Crippen molar-refractivity contribution in [3.63, 3.8) is 0 Å². The summed E-state index contributed by atoms with van der Waals surface area (Å²) in [6.07, 6.45) is 5.56.